The highest BCUT2D eigenvalue weighted by molar-refractivity contribution is 7.89. The molecule has 10 heteroatoms. The lowest BCUT2D eigenvalue weighted by Gasteiger charge is -2.34. The molecule has 0 atom stereocenters. The number of benzene rings is 1. The Morgan fingerprint density at radius 1 is 1.12 bits per heavy atom. The smallest absolute Gasteiger partial charge is 0.410 e. The predicted molar refractivity (Wildman–Crippen MR) is 124 cm³/mol. The Labute approximate surface area is 194 Å². The highest BCUT2D eigenvalue weighted by Crippen LogP contribution is 2.25. The number of nitrogens with two attached hydrogens (primary N) is 1. The van der Waals surface area contributed by atoms with Crippen LogP contribution in [0.25, 0.3) is 0 Å². The molecule has 1 aromatic carbocycles. The third-order valence-corrected chi connectivity index (χ3v) is 6.40. The van der Waals surface area contributed by atoms with E-state index in [4.69, 9.17) is 9.88 Å². The fourth-order valence-electron chi connectivity index (χ4n) is 3.81. The van der Waals surface area contributed by atoms with Crippen molar-refractivity contribution < 1.29 is 22.7 Å². The quantitative estimate of drug-likeness (QED) is 0.663. The van der Waals surface area contributed by atoms with Crippen molar-refractivity contribution in [2.75, 3.05) is 19.6 Å². The summed E-state index contributed by atoms with van der Waals surface area (Å²) >= 11 is 0. The van der Waals surface area contributed by atoms with Crippen molar-refractivity contribution in [3.05, 3.63) is 53.9 Å². The summed E-state index contributed by atoms with van der Waals surface area (Å²) in [6.07, 6.45) is 3.64. The maximum Gasteiger partial charge on any atom is 0.410 e. The van der Waals surface area contributed by atoms with Crippen molar-refractivity contribution in [1.82, 2.24) is 14.8 Å². The monoisotopic (exact) mass is 476 g/mol. The number of primary sulfonamides is 1. The molecule has 0 spiro atoms. The van der Waals surface area contributed by atoms with Crippen LogP contribution in [0.2, 0.25) is 0 Å². The Hall–Kier alpha value is -2.85. The van der Waals surface area contributed by atoms with Gasteiger partial charge in [0.15, 0.2) is 0 Å². The Morgan fingerprint density at radius 3 is 2.33 bits per heavy atom. The first-order chi connectivity index (χ1) is 15.4. The zero-order valence-corrected chi connectivity index (χ0v) is 20.1. The van der Waals surface area contributed by atoms with E-state index in [1.165, 1.54) is 12.1 Å². The third-order valence-electron chi connectivity index (χ3n) is 5.47. The molecule has 1 saturated heterocycles. The summed E-state index contributed by atoms with van der Waals surface area (Å²) in [5.74, 6) is -0.171. The van der Waals surface area contributed by atoms with Gasteiger partial charge in [0.2, 0.25) is 10.0 Å². The van der Waals surface area contributed by atoms with Crippen LogP contribution in [0.1, 0.15) is 55.7 Å². The first kappa shape index (κ1) is 24.8. The number of nitrogens with zero attached hydrogens (tertiary/aromatic N) is 2. The minimum absolute atomic E-state index is 0.0610. The van der Waals surface area contributed by atoms with Crippen molar-refractivity contribution in [3.8, 4) is 0 Å². The van der Waals surface area contributed by atoms with Crippen molar-refractivity contribution in [1.29, 1.82) is 0 Å². The largest absolute Gasteiger partial charge is 0.444 e. The van der Waals surface area contributed by atoms with Crippen LogP contribution < -0.4 is 10.5 Å². The average Bonchev–Trinajstić information content (AvgIpc) is 3.22. The minimum Gasteiger partial charge on any atom is -0.444 e. The van der Waals surface area contributed by atoms with E-state index in [1.54, 1.807) is 23.1 Å². The number of hydrogen-bond donors (Lipinski definition) is 2. The molecule has 2 heterocycles. The van der Waals surface area contributed by atoms with E-state index in [1.807, 2.05) is 37.6 Å². The number of piperidine rings is 1. The summed E-state index contributed by atoms with van der Waals surface area (Å²) in [5, 5.41) is 8.03. The van der Waals surface area contributed by atoms with Crippen LogP contribution in [0.3, 0.4) is 0 Å². The third kappa shape index (κ3) is 6.82. The van der Waals surface area contributed by atoms with Gasteiger partial charge in [-0.25, -0.2) is 18.4 Å². The Morgan fingerprint density at radius 2 is 1.76 bits per heavy atom. The van der Waals surface area contributed by atoms with Crippen LogP contribution in [0.4, 0.5) is 4.79 Å². The second-order valence-electron chi connectivity index (χ2n) is 9.19. The molecule has 180 valence electrons. The van der Waals surface area contributed by atoms with Gasteiger partial charge >= 0.3 is 6.09 Å². The normalized spacial score (nSPS) is 15.3. The van der Waals surface area contributed by atoms with Crippen molar-refractivity contribution in [2.45, 2.75) is 56.6 Å². The molecular formula is C23H32N4O5S. The molecule has 3 N–H and O–H groups in total. The number of rotatable bonds is 6. The first-order valence-corrected chi connectivity index (χ1v) is 12.5. The maximum absolute atomic E-state index is 12.8. The molecule has 2 aromatic rings. The Balaban J connectivity index is 1.52. The van der Waals surface area contributed by atoms with Crippen LogP contribution in [0, 0.1) is 0 Å². The number of likely N-dealkylation sites (tertiary alicyclic amines) is 1. The van der Waals surface area contributed by atoms with E-state index in [2.05, 4.69) is 5.32 Å². The van der Waals surface area contributed by atoms with E-state index < -0.39 is 15.6 Å². The number of carbonyl (C=O) groups is 2. The van der Waals surface area contributed by atoms with Gasteiger partial charge in [-0.3, -0.25) is 4.79 Å². The first-order valence-electron chi connectivity index (χ1n) is 11.0. The van der Waals surface area contributed by atoms with E-state index in [0.717, 1.165) is 18.4 Å². The number of nitrogens with one attached hydrogen (secondary N) is 1. The van der Waals surface area contributed by atoms with Crippen LogP contribution in [0.5, 0.6) is 0 Å². The minimum atomic E-state index is -3.72. The number of hydrogen-bond acceptors (Lipinski definition) is 5. The summed E-state index contributed by atoms with van der Waals surface area (Å²) in [4.78, 5) is 26.8. The summed E-state index contributed by atoms with van der Waals surface area (Å²) in [6, 6.07) is 10.1. The zero-order chi connectivity index (χ0) is 24.2. The van der Waals surface area contributed by atoms with Gasteiger partial charge < -0.3 is 19.5 Å². The lowest BCUT2D eigenvalue weighted by atomic mass is 10.0. The van der Waals surface area contributed by atoms with E-state index in [0.29, 0.717) is 31.7 Å². The lowest BCUT2D eigenvalue weighted by Crippen LogP contribution is -2.42. The molecule has 0 aliphatic carbocycles. The molecule has 33 heavy (non-hydrogen) atoms. The SMILES string of the molecule is CC(C)(C)OC(=O)N1CCC(n2cccc2C(=O)NCCc2ccc(S(N)(=O)=O)cc2)CC1. The van der Waals surface area contributed by atoms with Crippen molar-refractivity contribution in [2.24, 2.45) is 5.14 Å². The summed E-state index contributed by atoms with van der Waals surface area (Å²) < 4.78 is 30.1. The topological polar surface area (TPSA) is 124 Å². The summed E-state index contributed by atoms with van der Waals surface area (Å²) in [7, 11) is -3.72. The second kappa shape index (κ2) is 9.96. The summed E-state index contributed by atoms with van der Waals surface area (Å²) in [5.41, 5.74) is 0.951. The van der Waals surface area contributed by atoms with Crippen LogP contribution in [0.15, 0.2) is 47.5 Å². The molecule has 1 fully saturated rings. The fraction of sp³-hybridized carbons (Fsp3) is 0.478. The molecule has 0 bridgehead atoms. The van der Waals surface area contributed by atoms with Gasteiger partial charge in [-0.1, -0.05) is 12.1 Å². The van der Waals surface area contributed by atoms with E-state index >= 15 is 0 Å². The predicted octanol–water partition coefficient (Wildman–Crippen LogP) is 2.68. The highest BCUT2D eigenvalue weighted by Gasteiger charge is 2.28. The summed E-state index contributed by atoms with van der Waals surface area (Å²) in [6.45, 7) is 7.11. The lowest BCUT2D eigenvalue weighted by molar-refractivity contribution is 0.0187. The van der Waals surface area contributed by atoms with Gasteiger partial charge in [-0.05, 0) is 69.9 Å². The number of amides is 2. The van der Waals surface area contributed by atoms with Gasteiger partial charge in [-0.15, -0.1) is 0 Å². The maximum atomic E-state index is 12.8. The molecular weight excluding hydrogens is 444 g/mol. The fourth-order valence-corrected chi connectivity index (χ4v) is 4.33. The van der Waals surface area contributed by atoms with Gasteiger partial charge in [-0.2, -0.15) is 0 Å². The van der Waals surface area contributed by atoms with E-state index in [-0.39, 0.29) is 22.9 Å². The number of carbonyl (C=O) groups excluding carboxylic acids is 2. The molecule has 0 saturated carbocycles. The molecule has 9 nitrogen and oxygen atoms in total. The van der Waals surface area contributed by atoms with Gasteiger partial charge in [0.05, 0.1) is 4.90 Å². The van der Waals surface area contributed by atoms with Gasteiger partial charge in [0.1, 0.15) is 11.3 Å². The highest BCUT2D eigenvalue weighted by atomic mass is 32.2. The van der Waals surface area contributed by atoms with Crippen LogP contribution in [-0.4, -0.2) is 55.1 Å². The molecule has 3 rings (SSSR count). The Kier molecular flexibility index (Phi) is 7.48. The molecule has 1 aromatic heterocycles. The zero-order valence-electron chi connectivity index (χ0n) is 19.3. The molecule has 0 radical (unpaired) electrons. The van der Waals surface area contributed by atoms with Gasteiger partial charge in [0, 0.05) is 31.9 Å². The molecule has 1 aliphatic rings. The second-order valence-corrected chi connectivity index (χ2v) is 10.8. The number of aromatic nitrogens is 1. The van der Waals surface area contributed by atoms with Gasteiger partial charge in [0.25, 0.3) is 5.91 Å². The van der Waals surface area contributed by atoms with Crippen molar-refractivity contribution in [3.63, 3.8) is 0 Å². The Bertz CT molecular complexity index is 1080. The van der Waals surface area contributed by atoms with Crippen LogP contribution >= 0.6 is 0 Å². The molecule has 0 unspecified atom stereocenters. The molecule has 1 aliphatic heterocycles. The van der Waals surface area contributed by atoms with Crippen molar-refractivity contribution >= 4 is 22.0 Å². The van der Waals surface area contributed by atoms with E-state index in [9.17, 15) is 18.0 Å². The molecule has 2 amide bonds. The average molecular weight is 477 g/mol. The number of sulfonamides is 1. The number of ether oxygens (including phenoxy) is 1. The standard InChI is InChI=1S/C23H32N4O5S/c1-23(2,3)32-22(29)26-15-11-18(12-16-26)27-14-4-5-20(27)21(28)25-13-10-17-6-8-19(9-7-17)33(24,30)31/h4-9,14,18H,10-13,15-16H2,1-3H3,(H,25,28)(H2,24,30,31). The van der Waals surface area contributed by atoms with Crippen LogP contribution in [-0.2, 0) is 21.2 Å².